The second-order valence-electron chi connectivity index (χ2n) is 15.6. The van der Waals surface area contributed by atoms with Gasteiger partial charge in [-0.05, 0) is 115 Å². The van der Waals surface area contributed by atoms with Crippen LogP contribution < -0.4 is 0 Å². The number of imide groups is 2. The highest BCUT2D eigenvalue weighted by Gasteiger charge is 2.40. The molecule has 4 heterocycles. The van der Waals surface area contributed by atoms with Gasteiger partial charge in [0, 0.05) is 69.8 Å². The molecule has 0 fully saturated rings. The molecule has 0 aliphatic carbocycles. The highest BCUT2D eigenvalue weighted by Crippen LogP contribution is 2.52. The number of hydrogen-bond acceptors (Lipinski definition) is 6. The number of carbonyl (C=O) groups excluding carboxylic acids is 4. The molecule has 274 valence electrons. The van der Waals surface area contributed by atoms with Crippen molar-refractivity contribution in [1.82, 2.24) is 9.80 Å². The highest BCUT2D eigenvalue weighted by atomic mass is 32.1. The van der Waals surface area contributed by atoms with Crippen LogP contribution in [0.25, 0.3) is 62.9 Å². The van der Waals surface area contributed by atoms with Crippen LogP contribution in [0.3, 0.4) is 0 Å². The molecule has 0 bridgehead atoms. The van der Waals surface area contributed by atoms with E-state index >= 15 is 0 Å². The Balaban J connectivity index is 1.36. The first-order valence-corrected chi connectivity index (χ1v) is 21.2. The minimum Gasteiger partial charge on any atom is -0.272 e. The van der Waals surface area contributed by atoms with E-state index in [0.29, 0.717) is 33.0 Å². The molecule has 5 aromatic carbocycles. The van der Waals surface area contributed by atoms with Crippen molar-refractivity contribution < 1.29 is 19.2 Å². The molecule has 8 heteroatoms. The molecule has 9 rings (SSSR count). The van der Waals surface area contributed by atoms with Crippen LogP contribution in [0.2, 0.25) is 0 Å². The molecular formula is C46H44N2O4S2. The summed E-state index contributed by atoms with van der Waals surface area (Å²) < 4.78 is 2.40. The van der Waals surface area contributed by atoms with Crippen LogP contribution in [0.1, 0.15) is 131 Å². The average Bonchev–Trinajstić information content (AvgIpc) is 3.70. The first-order chi connectivity index (χ1) is 26.0. The number of unbranched alkanes of at least 4 members (excludes halogenated alkanes) is 4. The third-order valence-corrected chi connectivity index (χ3v) is 14.3. The smallest absolute Gasteiger partial charge is 0.261 e. The van der Waals surface area contributed by atoms with Gasteiger partial charge in [-0.2, -0.15) is 0 Å². The minimum absolute atomic E-state index is 0.212. The third-order valence-electron chi connectivity index (χ3n) is 12.0. The van der Waals surface area contributed by atoms with Gasteiger partial charge < -0.3 is 0 Å². The molecule has 54 heavy (non-hydrogen) atoms. The van der Waals surface area contributed by atoms with Crippen molar-refractivity contribution in [1.29, 1.82) is 0 Å². The summed E-state index contributed by atoms with van der Waals surface area (Å²) in [6, 6.07) is 15.9. The van der Waals surface area contributed by atoms with Gasteiger partial charge >= 0.3 is 0 Å². The van der Waals surface area contributed by atoms with Gasteiger partial charge in [-0.1, -0.05) is 64.5 Å². The lowest BCUT2D eigenvalue weighted by atomic mass is 9.79. The van der Waals surface area contributed by atoms with E-state index in [4.69, 9.17) is 0 Å². The van der Waals surface area contributed by atoms with Crippen molar-refractivity contribution in [3.63, 3.8) is 0 Å². The molecule has 6 nitrogen and oxygen atoms in total. The largest absolute Gasteiger partial charge is 0.272 e. The number of benzene rings is 5. The Bertz CT molecular complexity index is 2720. The van der Waals surface area contributed by atoms with Gasteiger partial charge in [0.25, 0.3) is 23.6 Å². The number of rotatable bonds is 11. The van der Waals surface area contributed by atoms with Crippen molar-refractivity contribution >= 4 is 98.8 Å². The normalized spacial score (nSPS) is 15.7. The summed E-state index contributed by atoms with van der Waals surface area (Å²) >= 11 is 3.47. The van der Waals surface area contributed by atoms with Gasteiger partial charge in [-0.15, -0.1) is 22.7 Å². The van der Waals surface area contributed by atoms with E-state index in [1.54, 1.807) is 22.7 Å². The fraction of sp³-hybridized carbons (Fsp3) is 0.348. The van der Waals surface area contributed by atoms with Gasteiger partial charge in [-0.3, -0.25) is 29.0 Å². The van der Waals surface area contributed by atoms with Crippen molar-refractivity contribution in [3.05, 3.63) is 81.2 Å². The van der Waals surface area contributed by atoms with Crippen molar-refractivity contribution in [2.24, 2.45) is 0 Å². The second-order valence-corrected chi connectivity index (χ2v) is 18.0. The number of aryl methyl sites for hydroxylation is 2. The maximum absolute atomic E-state index is 14.7. The fourth-order valence-electron chi connectivity index (χ4n) is 9.43. The van der Waals surface area contributed by atoms with Crippen LogP contribution in [-0.2, 0) is 0 Å². The topological polar surface area (TPSA) is 74.8 Å². The van der Waals surface area contributed by atoms with Crippen LogP contribution in [0.4, 0.5) is 0 Å². The SMILES string of the molecule is CCCCCC(C)N1C(=O)c2ccc3c4c(-c5cc6sc(C)cc6s5)cc5c6c(ccc(c7c(C)cc(c2c37)C1=O)c64)C(=O)N(C(C)CCCCC)C5=O. The molecule has 7 aromatic rings. The predicted molar refractivity (Wildman–Crippen MR) is 224 cm³/mol. The molecule has 2 aliphatic rings. The first-order valence-electron chi connectivity index (χ1n) is 19.6. The van der Waals surface area contributed by atoms with Gasteiger partial charge in [0.05, 0.1) is 0 Å². The highest BCUT2D eigenvalue weighted by molar-refractivity contribution is 7.29. The van der Waals surface area contributed by atoms with Crippen LogP contribution in [-0.4, -0.2) is 45.5 Å². The molecule has 0 saturated heterocycles. The Morgan fingerprint density at radius 2 is 1.02 bits per heavy atom. The number of hydrogen-bond donors (Lipinski definition) is 0. The Kier molecular flexibility index (Phi) is 8.43. The maximum Gasteiger partial charge on any atom is 0.261 e. The summed E-state index contributed by atoms with van der Waals surface area (Å²) in [6.45, 7) is 12.4. The molecular weight excluding hydrogens is 709 g/mol. The van der Waals surface area contributed by atoms with E-state index in [1.165, 1.54) is 24.1 Å². The Labute approximate surface area is 323 Å². The van der Waals surface area contributed by atoms with E-state index in [9.17, 15) is 19.2 Å². The Morgan fingerprint density at radius 3 is 1.57 bits per heavy atom. The lowest BCUT2D eigenvalue weighted by Crippen LogP contribution is -2.46. The lowest BCUT2D eigenvalue weighted by Gasteiger charge is -2.34. The number of carbonyl (C=O) groups is 4. The van der Waals surface area contributed by atoms with Gasteiger partial charge in [0.1, 0.15) is 0 Å². The van der Waals surface area contributed by atoms with E-state index in [-0.39, 0.29) is 35.7 Å². The Morgan fingerprint density at radius 1 is 0.519 bits per heavy atom. The predicted octanol–water partition coefficient (Wildman–Crippen LogP) is 12.4. The zero-order chi connectivity index (χ0) is 37.7. The third kappa shape index (κ3) is 4.95. The van der Waals surface area contributed by atoms with Crippen LogP contribution in [0.15, 0.2) is 48.5 Å². The van der Waals surface area contributed by atoms with Gasteiger partial charge in [0.15, 0.2) is 0 Å². The van der Waals surface area contributed by atoms with Crippen molar-refractivity contribution in [2.45, 2.75) is 105 Å². The van der Waals surface area contributed by atoms with E-state index in [2.05, 4.69) is 32.9 Å². The Hall–Kier alpha value is -4.66. The van der Waals surface area contributed by atoms with Crippen molar-refractivity contribution in [2.75, 3.05) is 0 Å². The molecule has 2 aliphatic heterocycles. The molecule has 2 unspecified atom stereocenters. The standard InChI is InChI=1S/C46H44N2O4S2/c1-7-9-11-13-24(4)47-43(49)29-18-16-28-38-31(34-22-36-35(54-34)20-26(6)53-36)21-33-40-30(44(50)48(46(33)52)25(5)14-12-10-8-2)17-15-27(42(38)40)37-23(3)19-32(45(47)51)39(29)41(28)37/h15-22,24-25H,7-14H2,1-6H3. The molecule has 4 amide bonds. The lowest BCUT2D eigenvalue weighted by molar-refractivity contribution is 0.0526. The van der Waals surface area contributed by atoms with E-state index in [1.807, 2.05) is 57.2 Å². The van der Waals surface area contributed by atoms with Gasteiger partial charge in [-0.25, -0.2) is 0 Å². The summed E-state index contributed by atoms with van der Waals surface area (Å²) in [4.78, 5) is 63.1. The summed E-state index contributed by atoms with van der Waals surface area (Å²) in [5.74, 6) is -0.969. The van der Waals surface area contributed by atoms with E-state index < -0.39 is 0 Å². The molecule has 0 spiro atoms. The number of nitrogens with zero attached hydrogens (tertiary/aromatic N) is 2. The minimum atomic E-state index is -0.244. The molecule has 0 saturated carbocycles. The first kappa shape index (κ1) is 35.1. The summed E-state index contributed by atoms with van der Waals surface area (Å²) in [5.41, 5.74) is 4.08. The maximum atomic E-state index is 14.7. The number of thiophene rings is 2. The van der Waals surface area contributed by atoms with Crippen molar-refractivity contribution in [3.8, 4) is 10.4 Å². The molecule has 2 aromatic heterocycles. The summed E-state index contributed by atoms with van der Waals surface area (Å²) in [5, 5.41) is 6.95. The van der Waals surface area contributed by atoms with E-state index in [0.717, 1.165) is 99.7 Å². The second kappa shape index (κ2) is 13.0. The van der Waals surface area contributed by atoms with Crippen LogP contribution in [0.5, 0.6) is 0 Å². The molecule has 0 radical (unpaired) electrons. The van der Waals surface area contributed by atoms with Gasteiger partial charge in [0.2, 0.25) is 0 Å². The summed E-state index contributed by atoms with van der Waals surface area (Å²) in [6.07, 6.45) is 7.70. The summed E-state index contributed by atoms with van der Waals surface area (Å²) in [7, 11) is 0. The van der Waals surface area contributed by atoms with Crippen LogP contribution in [0, 0.1) is 13.8 Å². The molecule has 0 N–H and O–H groups in total. The average molecular weight is 753 g/mol. The van der Waals surface area contributed by atoms with Crippen LogP contribution >= 0.6 is 22.7 Å². The monoisotopic (exact) mass is 752 g/mol. The zero-order valence-electron chi connectivity index (χ0n) is 31.8. The quantitative estimate of drug-likeness (QED) is 0.0571. The fourth-order valence-corrected chi connectivity index (χ4v) is 11.8. The number of amides is 4. The zero-order valence-corrected chi connectivity index (χ0v) is 33.4. The molecule has 2 atom stereocenters. The number of fused-ring (bicyclic) bond motifs is 3.